The van der Waals surface area contributed by atoms with Crippen molar-refractivity contribution in [1.82, 2.24) is 9.97 Å². The standard InChI is InChI=1S/C16H13N3O2S2/c1-10(20)11-4-2-3-5-13(11)19-14(21)8-23-16-12-6-7-22-15(12)17-9-18-16/h2-7,9H,8H2,1H3,(H,19,21). The van der Waals surface area contributed by atoms with Gasteiger partial charge in [-0.05, 0) is 30.5 Å². The van der Waals surface area contributed by atoms with E-state index < -0.39 is 0 Å². The van der Waals surface area contributed by atoms with Crippen molar-refractivity contribution in [3.05, 3.63) is 47.6 Å². The van der Waals surface area contributed by atoms with E-state index >= 15 is 0 Å². The molecule has 3 rings (SSSR count). The number of carbonyl (C=O) groups is 2. The number of nitrogens with zero attached hydrogens (tertiary/aromatic N) is 2. The van der Waals surface area contributed by atoms with Gasteiger partial charge in [0.2, 0.25) is 5.91 Å². The van der Waals surface area contributed by atoms with Crippen LogP contribution in [0.25, 0.3) is 10.2 Å². The Morgan fingerprint density at radius 3 is 2.87 bits per heavy atom. The number of hydrogen-bond acceptors (Lipinski definition) is 6. The fraction of sp³-hybridized carbons (Fsp3) is 0.125. The largest absolute Gasteiger partial charge is 0.325 e. The quantitative estimate of drug-likeness (QED) is 0.435. The maximum absolute atomic E-state index is 12.2. The first-order chi connectivity index (χ1) is 11.1. The van der Waals surface area contributed by atoms with E-state index in [4.69, 9.17) is 0 Å². The second kappa shape index (κ2) is 6.89. The average molecular weight is 343 g/mol. The maximum atomic E-state index is 12.2. The maximum Gasteiger partial charge on any atom is 0.234 e. The minimum Gasteiger partial charge on any atom is -0.325 e. The highest BCUT2D eigenvalue weighted by molar-refractivity contribution is 8.00. The molecular formula is C16H13N3O2S2. The Morgan fingerprint density at radius 2 is 2.04 bits per heavy atom. The molecule has 0 radical (unpaired) electrons. The van der Waals surface area contributed by atoms with Gasteiger partial charge >= 0.3 is 0 Å². The number of hydrogen-bond donors (Lipinski definition) is 1. The summed E-state index contributed by atoms with van der Waals surface area (Å²) >= 11 is 2.90. The van der Waals surface area contributed by atoms with E-state index in [9.17, 15) is 9.59 Å². The zero-order chi connectivity index (χ0) is 16.2. The lowest BCUT2D eigenvalue weighted by atomic mass is 10.1. The Morgan fingerprint density at radius 1 is 1.22 bits per heavy atom. The normalized spacial score (nSPS) is 10.7. The summed E-state index contributed by atoms with van der Waals surface area (Å²) in [5.41, 5.74) is 1.04. The van der Waals surface area contributed by atoms with Crippen molar-refractivity contribution >= 4 is 50.7 Å². The summed E-state index contributed by atoms with van der Waals surface area (Å²) in [5, 5.41) is 6.47. The van der Waals surface area contributed by atoms with E-state index in [2.05, 4.69) is 15.3 Å². The van der Waals surface area contributed by atoms with Crippen LogP contribution in [0.5, 0.6) is 0 Å². The zero-order valence-corrected chi connectivity index (χ0v) is 13.9. The molecule has 0 bridgehead atoms. The van der Waals surface area contributed by atoms with E-state index in [1.54, 1.807) is 35.6 Å². The molecule has 0 atom stereocenters. The SMILES string of the molecule is CC(=O)c1ccccc1NC(=O)CSc1ncnc2sccc12. The fourth-order valence-electron chi connectivity index (χ4n) is 2.10. The van der Waals surface area contributed by atoms with Crippen molar-refractivity contribution in [1.29, 1.82) is 0 Å². The highest BCUT2D eigenvalue weighted by Crippen LogP contribution is 2.27. The third-order valence-electron chi connectivity index (χ3n) is 3.15. The van der Waals surface area contributed by atoms with Gasteiger partial charge in [-0.3, -0.25) is 9.59 Å². The summed E-state index contributed by atoms with van der Waals surface area (Å²) < 4.78 is 0. The van der Waals surface area contributed by atoms with Crippen LogP contribution in [0.1, 0.15) is 17.3 Å². The van der Waals surface area contributed by atoms with Gasteiger partial charge in [0.05, 0.1) is 11.4 Å². The topological polar surface area (TPSA) is 72.0 Å². The van der Waals surface area contributed by atoms with Crippen LogP contribution in [0.15, 0.2) is 47.1 Å². The minimum absolute atomic E-state index is 0.0793. The van der Waals surface area contributed by atoms with Gasteiger partial charge < -0.3 is 5.32 Å². The Kier molecular flexibility index (Phi) is 4.68. The number of ketones is 1. The molecule has 1 aromatic carbocycles. The minimum atomic E-state index is -0.175. The fourth-order valence-corrected chi connectivity index (χ4v) is 3.68. The summed E-state index contributed by atoms with van der Waals surface area (Å²) in [5.74, 6) is -0.0381. The Bertz CT molecular complexity index is 876. The summed E-state index contributed by atoms with van der Waals surface area (Å²) in [6.07, 6.45) is 1.50. The lowest BCUT2D eigenvalue weighted by Gasteiger charge is -2.08. The van der Waals surface area contributed by atoms with Gasteiger partial charge in [-0.25, -0.2) is 9.97 Å². The van der Waals surface area contributed by atoms with Crippen LogP contribution in [0, 0.1) is 0 Å². The molecule has 0 aliphatic heterocycles. The van der Waals surface area contributed by atoms with Crippen molar-refractivity contribution in [2.24, 2.45) is 0 Å². The van der Waals surface area contributed by atoms with Gasteiger partial charge in [-0.15, -0.1) is 11.3 Å². The highest BCUT2D eigenvalue weighted by Gasteiger charge is 2.12. The molecule has 2 heterocycles. The van der Waals surface area contributed by atoms with Crippen LogP contribution in [0.3, 0.4) is 0 Å². The monoisotopic (exact) mass is 343 g/mol. The Labute approximate surface area is 141 Å². The first kappa shape index (κ1) is 15.6. The van der Waals surface area contributed by atoms with E-state index in [-0.39, 0.29) is 17.4 Å². The van der Waals surface area contributed by atoms with Crippen LogP contribution in [-0.4, -0.2) is 27.4 Å². The number of thioether (sulfide) groups is 1. The second-order valence-electron chi connectivity index (χ2n) is 4.76. The molecule has 0 aliphatic carbocycles. The third-order valence-corrected chi connectivity index (χ3v) is 4.97. The number of rotatable bonds is 5. The van der Waals surface area contributed by atoms with Crippen LogP contribution < -0.4 is 5.32 Å². The van der Waals surface area contributed by atoms with E-state index in [1.807, 2.05) is 11.4 Å². The molecule has 0 saturated carbocycles. The number of benzene rings is 1. The first-order valence-electron chi connectivity index (χ1n) is 6.86. The average Bonchev–Trinajstić information content (AvgIpc) is 3.02. The summed E-state index contributed by atoms with van der Waals surface area (Å²) in [4.78, 5) is 33.0. The van der Waals surface area contributed by atoms with E-state index in [0.29, 0.717) is 11.3 Å². The van der Waals surface area contributed by atoms with Crippen LogP contribution in [0.2, 0.25) is 0 Å². The van der Waals surface area contributed by atoms with Crippen molar-refractivity contribution in [3.63, 3.8) is 0 Å². The van der Waals surface area contributed by atoms with Crippen molar-refractivity contribution in [2.75, 3.05) is 11.1 Å². The molecule has 116 valence electrons. The molecule has 7 heteroatoms. The molecule has 5 nitrogen and oxygen atoms in total. The molecule has 0 spiro atoms. The number of nitrogens with one attached hydrogen (secondary N) is 1. The molecule has 1 N–H and O–H groups in total. The van der Waals surface area contributed by atoms with Crippen molar-refractivity contribution in [3.8, 4) is 0 Å². The van der Waals surface area contributed by atoms with Crippen LogP contribution in [0.4, 0.5) is 5.69 Å². The van der Waals surface area contributed by atoms with E-state index in [0.717, 1.165) is 15.2 Å². The van der Waals surface area contributed by atoms with Gasteiger partial charge in [0, 0.05) is 10.9 Å². The third kappa shape index (κ3) is 3.57. The molecule has 0 unspecified atom stereocenters. The van der Waals surface area contributed by atoms with Crippen LogP contribution in [-0.2, 0) is 4.79 Å². The number of anilines is 1. The molecule has 0 aliphatic rings. The summed E-state index contributed by atoms with van der Waals surface area (Å²) in [6.45, 7) is 1.48. The number of fused-ring (bicyclic) bond motifs is 1. The van der Waals surface area contributed by atoms with Crippen molar-refractivity contribution < 1.29 is 9.59 Å². The van der Waals surface area contributed by atoms with E-state index in [1.165, 1.54) is 25.0 Å². The molecule has 1 amide bonds. The molecule has 0 saturated heterocycles. The number of Topliss-reactive ketones (excluding diaryl/α,β-unsaturated/α-hetero) is 1. The predicted molar refractivity (Wildman–Crippen MR) is 93.2 cm³/mol. The number of thiophene rings is 1. The molecule has 23 heavy (non-hydrogen) atoms. The van der Waals surface area contributed by atoms with Gasteiger partial charge in [-0.1, -0.05) is 23.9 Å². The Hall–Kier alpha value is -2.25. The Balaban J connectivity index is 1.69. The lowest BCUT2D eigenvalue weighted by Crippen LogP contribution is -2.16. The lowest BCUT2D eigenvalue weighted by molar-refractivity contribution is -0.113. The molecule has 0 fully saturated rings. The number of carbonyl (C=O) groups excluding carboxylic acids is 2. The molecule has 2 aromatic heterocycles. The highest BCUT2D eigenvalue weighted by atomic mass is 32.2. The summed E-state index contributed by atoms with van der Waals surface area (Å²) in [7, 11) is 0. The second-order valence-corrected chi connectivity index (χ2v) is 6.62. The molecule has 3 aromatic rings. The van der Waals surface area contributed by atoms with Gasteiger partial charge in [-0.2, -0.15) is 0 Å². The predicted octanol–water partition coefficient (Wildman–Crippen LogP) is 3.62. The molecular weight excluding hydrogens is 330 g/mol. The van der Waals surface area contributed by atoms with Crippen LogP contribution >= 0.6 is 23.1 Å². The van der Waals surface area contributed by atoms with Gasteiger partial charge in [0.25, 0.3) is 0 Å². The van der Waals surface area contributed by atoms with Crippen molar-refractivity contribution in [2.45, 2.75) is 11.9 Å². The smallest absolute Gasteiger partial charge is 0.234 e. The first-order valence-corrected chi connectivity index (χ1v) is 8.72. The number of amides is 1. The van der Waals surface area contributed by atoms with Gasteiger partial charge in [0.1, 0.15) is 16.2 Å². The number of para-hydroxylation sites is 1. The number of aromatic nitrogens is 2. The van der Waals surface area contributed by atoms with Gasteiger partial charge in [0.15, 0.2) is 5.78 Å². The zero-order valence-electron chi connectivity index (χ0n) is 12.3. The summed E-state index contributed by atoms with van der Waals surface area (Å²) in [6, 6.07) is 8.93.